The van der Waals surface area contributed by atoms with Crippen LogP contribution < -0.4 is 20.9 Å². The number of benzene rings is 1. The Morgan fingerprint density at radius 1 is 1.45 bits per heavy atom. The van der Waals surface area contributed by atoms with Crippen molar-refractivity contribution < 1.29 is 14.3 Å². The van der Waals surface area contributed by atoms with Gasteiger partial charge >= 0.3 is 0 Å². The van der Waals surface area contributed by atoms with Crippen LogP contribution in [-0.2, 0) is 11.2 Å². The molecule has 8 nitrogen and oxygen atoms in total. The van der Waals surface area contributed by atoms with Crippen LogP contribution in [0.25, 0.3) is 11.3 Å². The van der Waals surface area contributed by atoms with Gasteiger partial charge in [0, 0.05) is 29.0 Å². The normalized spacial score (nSPS) is 12.9. The number of nitrogens with zero attached hydrogens (tertiary/aromatic N) is 3. The van der Waals surface area contributed by atoms with E-state index in [-0.39, 0.29) is 12.6 Å². The first-order valence-electron chi connectivity index (χ1n) is 8.81. The Morgan fingerprint density at radius 2 is 2.21 bits per heavy atom. The highest BCUT2D eigenvalue weighted by molar-refractivity contribution is 7.14. The summed E-state index contributed by atoms with van der Waals surface area (Å²) in [6.07, 6.45) is 9.95. The number of thiazole rings is 1. The van der Waals surface area contributed by atoms with Crippen LogP contribution in [0.15, 0.2) is 28.2 Å². The third-order valence-corrected chi connectivity index (χ3v) is 4.75. The summed E-state index contributed by atoms with van der Waals surface area (Å²) in [5.41, 5.74) is 12.3. The number of nitrogens with two attached hydrogens (primary N) is 2. The summed E-state index contributed by atoms with van der Waals surface area (Å²) in [4.78, 5) is 25.4. The van der Waals surface area contributed by atoms with Crippen LogP contribution in [0, 0.1) is 12.8 Å². The van der Waals surface area contributed by atoms with Crippen molar-refractivity contribution >= 4 is 29.4 Å². The summed E-state index contributed by atoms with van der Waals surface area (Å²) >= 11 is 1.54. The van der Waals surface area contributed by atoms with Crippen LogP contribution in [0.5, 0.6) is 11.5 Å². The van der Waals surface area contributed by atoms with Crippen molar-refractivity contribution in [2.24, 2.45) is 21.5 Å². The fourth-order valence-corrected chi connectivity index (χ4v) is 3.61. The van der Waals surface area contributed by atoms with Gasteiger partial charge in [0.1, 0.15) is 11.5 Å². The van der Waals surface area contributed by atoms with Crippen molar-refractivity contribution in [2.75, 3.05) is 13.2 Å². The third kappa shape index (κ3) is 5.56. The molecule has 0 radical (unpaired) electrons. The molecule has 0 bridgehead atoms. The summed E-state index contributed by atoms with van der Waals surface area (Å²) in [7, 11) is 0. The first-order chi connectivity index (χ1) is 14.0. The number of carbonyl (C=O) groups is 1. The van der Waals surface area contributed by atoms with Crippen molar-refractivity contribution in [1.29, 1.82) is 0 Å². The molecule has 4 N–H and O–H groups in total. The number of aromatic nitrogens is 1. The van der Waals surface area contributed by atoms with E-state index in [2.05, 4.69) is 22.8 Å². The lowest BCUT2D eigenvalue weighted by molar-refractivity contribution is -0.119. The second kappa shape index (κ2) is 10.2. The minimum Gasteiger partial charge on any atom is -0.492 e. The number of carbonyl (C=O) groups excluding carboxylic acids is 1. The minimum absolute atomic E-state index is 0.0768. The molecule has 0 aliphatic carbocycles. The lowest BCUT2D eigenvalue weighted by Crippen LogP contribution is -2.20. The molecule has 152 valence electrons. The molecule has 2 heterocycles. The molecule has 1 aliphatic heterocycles. The van der Waals surface area contributed by atoms with Crippen molar-refractivity contribution in [1.82, 2.24) is 4.98 Å². The summed E-state index contributed by atoms with van der Waals surface area (Å²) in [6.45, 7) is 4.28. The smallest absolute Gasteiger partial charge is 0.255 e. The fourth-order valence-electron chi connectivity index (χ4n) is 2.60. The highest BCUT2D eigenvalue weighted by Gasteiger charge is 2.22. The number of terminal acetylenes is 1. The summed E-state index contributed by atoms with van der Waals surface area (Å²) < 4.78 is 11.2. The largest absolute Gasteiger partial charge is 0.492 e. The minimum atomic E-state index is -0.533. The average Bonchev–Trinajstić information content (AvgIpc) is 3.04. The van der Waals surface area contributed by atoms with E-state index in [0.29, 0.717) is 23.9 Å². The van der Waals surface area contributed by atoms with Crippen molar-refractivity contribution in [2.45, 2.75) is 26.3 Å². The maximum absolute atomic E-state index is 10.9. The highest BCUT2D eigenvalue weighted by atomic mass is 32.1. The Labute approximate surface area is 173 Å². The lowest BCUT2D eigenvalue weighted by atomic mass is 10.1. The number of primary amides is 1. The number of amidine groups is 1. The molecule has 1 aromatic carbocycles. The quantitative estimate of drug-likeness (QED) is 0.441. The molecule has 1 aromatic heterocycles. The molecule has 0 saturated heterocycles. The topological polar surface area (TPSA) is 125 Å². The molecule has 9 heteroatoms. The molecule has 0 atom stereocenters. The van der Waals surface area contributed by atoms with E-state index in [1.54, 1.807) is 12.1 Å². The highest BCUT2D eigenvalue weighted by Crippen LogP contribution is 2.39. The molecular formula is C20H23N5O3S. The second-order valence-corrected chi connectivity index (χ2v) is 7.21. The first kappa shape index (κ1) is 21.9. The van der Waals surface area contributed by atoms with Gasteiger partial charge < -0.3 is 20.9 Å². The molecule has 0 unspecified atom stereocenters. The Morgan fingerprint density at radius 3 is 2.86 bits per heavy atom. The zero-order valence-corrected chi connectivity index (χ0v) is 17.1. The average molecular weight is 414 g/mol. The van der Waals surface area contributed by atoms with Gasteiger partial charge in [0.05, 0.1) is 18.6 Å². The van der Waals surface area contributed by atoms with Gasteiger partial charge in [-0.2, -0.15) is 0 Å². The van der Waals surface area contributed by atoms with E-state index in [1.807, 2.05) is 19.9 Å². The van der Waals surface area contributed by atoms with Gasteiger partial charge in [0.2, 0.25) is 0 Å². The number of aliphatic imine (C=N–C) groups is 2. The van der Waals surface area contributed by atoms with Gasteiger partial charge in [-0.3, -0.25) is 9.79 Å². The number of hydrogen-bond acceptors (Lipinski definition) is 6. The molecule has 1 amide bonds. The van der Waals surface area contributed by atoms with Crippen LogP contribution in [0.2, 0.25) is 0 Å². The van der Waals surface area contributed by atoms with E-state index in [4.69, 9.17) is 25.9 Å². The summed E-state index contributed by atoms with van der Waals surface area (Å²) in [6, 6.07) is 5.45. The number of hydrogen-bond donors (Lipinski definition) is 2. The predicted octanol–water partition coefficient (Wildman–Crippen LogP) is 2.00. The Kier molecular flexibility index (Phi) is 7.74. The van der Waals surface area contributed by atoms with Crippen molar-refractivity contribution in [3.8, 4) is 35.6 Å². The molecule has 3 rings (SSSR count). The van der Waals surface area contributed by atoms with Crippen LogP contribution in [0.1, 0.15) is 23.7 Å². The summed E-state index contributed by atoms with van der Waals surface area (Å²) in [5, 5.41) is 0.720. The van der Waals surface area contributed by atoms with Crippen LogP contribution in [0.3, 0.4) is 0 Å². The first-order valence-corrected chi connectivity index (χ1v) is 9.63. The Hall–Kier alpha value is -3.38. The van der Waals surface area contributed by atoms with Gasteiger partial charge in [-0.25, -0.2) is 9.98 Å². The second-order valence-electron chi connectivity index (χ2n) is 6.13. The van der Waals surface area contributed by atoms with Gasteiger partial charge in [-0.15, -0.1) is 24.2 Å². The maximum atomic E-state index is 10.9. The molecule has 0 spiro atoms. The monoisotopic (exact) mass is 413 g/mol. The van der Waals surface area contributed by atoms with Crippen LogP contribution in [0.4, 0.5) is 0 Å². The molecule has 0 fully saturated rings. The van der Waals surface area contributed by atoms with E-state index in [0.717, 1.165) is 27.6 Å². The Balaban J connectivity index is 0.00000145. The van der Waals surface area contributed by atoms with Crippen LogP contribution in [-0.4, -0.2) is 42.3 Å². The van der Waals surface area contributed by atoms with E-state index < -0.39 is 5.91 Å². The number of amides is 1. The molecule has 29 heavy (non-hydrogen) atoms. The molecule has 0 saturated carbocycles. The molecule has 2 aromatic rings. The van der Waals surface area contributed by atoms with Gasteiger partial charge in [0.25, 0.3) is 5.91 Å². The summed E-state index contributed by atoms with van der Waals surface area (Å²) in [5.74, 6) is 1.16. The fraction of sp³-hybridized carbons (Fsp3) is 0.300. The number of rotatable bonds is 5. The Bertz CT molecular complexity index is 947. The van der Waals surface area contributed by atoms with Gasteiger partial charge in [-0.1, -0.05) is 0 Å². The van der Waals surface area contributed by atoms with Gasteiger partial charge in [-0.05, 0) is 26.0 Å². The molecular weight excluding hydrogens is 390 g/mol. The predicted molar refractivity (Wildman–Crippen MR) is 116 cm³/mol. The third-order valence-electron chi connectivity index (χ3n) is 3.64. The van der Waals surface area contributed by atoms with Gasteiger partial charge in [0.15, 0.2) is 17.5 Å². The maximum Gasteiger partial charge on any atom is 0.255 e. The van der Waals surface area contributed by atoms with E-state index in [1.165, 1.54) is 17.7 Å². The van der Waals surface area contributed by atoms with Crippen LogP contribution >= 0.6 is 11.3 Å². The van der Waals surface area contributed by atoms with Crippen molar-refractivity contribution in [3.63, 3.8) is 0 Å². The van der Waals surface area contributed by atoms with E-state index >= 15 is 0 Å². The van der Waals surface area contributed by atoms with Crippen molar-refractivity contribution in [3.05, 3.63) is 28.1 Å². The number of ether oxygens (including phenoxy) is 2. The van der Waals surface area contributed by atoms with E-state index in [9.17, 15) is 4.79 Å². The zero-order valence-electron chi connectivity index (χ0n) is 16.3. The lowest BCUT2D eigenvalue weighted by Gasteiger charge is -2.10. The SMILES string of the molecule is C#C.CC(C)N=C(N=CN)c1nc2c(s1)CCOc1cc(OCC(N)=O)ccc1-2. The zero-order chi connectivity index (χ0) is 21.4. The number of fused-ring (bicyclic) bond motifs is 3. The standard InChI is InChI=1S/C18H21N5O3S.C2H2/c1-10(2)22-17(21-9-19)18-23-16-12-4-3-11(26-8-15(20)24)7-13(12)25-6-5-14(16)27-18;1-2/h3-4,7,9-10H,5-6,8H2,1-2H3,(H2,20,24)(H2,19,21,22);1-2H. The molecule has 1 aliphatic rings.